The van der Waals surface area contributed by atoms with Gasteiger partial charge in [0.15, 0.2) is 4.34 Å². The molecule has 2 aromatic carbocycles. The second-order valence-corrected chi connectivity index (χ2v) is 9.11. The molecule has 3 heterocycles. The predicted molar refractivity (Wildman–Crippen MR) is 127 cm³/mol. The number of para-hydroxylation sites is 1. The quantitative estimate of drug-likeness (QED) is 0.286. The molecule has 0 atom stereocenters. The third-order valence-electron chi connectivity index (χ3n) is 4.77. The van der Waals surface area contributed by atoms with Gasteiger partial charge in [-0.05, 0) is 42.5 Å². The standard InChI is InChI=1S/C22H16N6O3S2/c1-31-21(30)13-6-8-17(23-11-13)20(29)24-14-7-9-16-19(10-14)33-22(25-16)32-12-28-18-5-3-2-4-15(18)26-27-28/h2-11H,12H2,1H3,(H,24,29). The SMILES string of the molecule is COC(=O)c1ccc(C(=O)Nc2ccc3nc(SCn4nnc5ccccc54)sc3c2)nc1. The number of nitrogens with one attached hydrogen (secondary N) is 1. The number of benzene rings is 2. The Kier molecular flexibility index (Phi) is 5.71. The molecule has 0 spiro atoms. The van der Waals surface area contributed by atoms with Crippen molar-refractivity contribution in [2.45, 2.75) is 10.2 Å². The summed E-state index contributed by atoms with van der Waals surface area (Å²) in [5.41, 5.74) is 3.80. The summed E-state index contributed by atoms with van der Waals surface area (Å²) >= 11 is 3.11. The van der Waals surface area contributed by atoms with E-state index >= 15 is 0 Å². The molecular weight excluding hydrogens is 460 g/mol. The van der Waals surface area contributed by atoms with Gasteiger partial charge in [0.05, 0.1) is 34.3 Å². The highest BCUT2D eigenvalue weighted by atomic mass is 32.2. The Morgan fingerprint density at radius 2 is 2.00 bits per heavy atom. The van der Waals surface area contributed by atoms with E-state index in [1.165, 1.54) is 25.4 Å². The molecule has 0 aliphatic rings. The van der Waals surface area contributed by atoms with E-state index in [1.807, 2.05) is 41.1 Å². The lowest BCUT2D eigenvalue weighted by atomic mass is 10.2. The zero-order chi connectivity index (χ0) is 22.8. The lowest BCUT2D eigenvalue weighted by molar-refractivity contribution is 0.0600. The van der Waals surface area contributed by atoms with Crippen molar-refractivity contribution < 1.29 is 14.3 Å². The number of aromatic nitrogens is 5. The fourth-order valence-corrected chi connectivity index (χ4v) is 5.12. The molecule has 9 nitrogen and oxygen atoms in total. The van der Waals surface area contributed by atoms with Crippen LogP contribution in [0.15, 0.2) is 65.1 Å². The molecule has 3 aromatic heterocycles. The number of rotatable bonds is 6. The number of thiazole rings is 1. The van der Waals surface area contributed by atoms with Crippen molar-refractivity contribution in [3.05, 3.63) is 72.1 Å². The first-order valence-electron chi connectivity index (χ1n) is 9.78. The van der Waals surface area contributed by atoms with Crippen LogP contribution in [0.3, 0.4) is 0 Å². The number of fused-ring (bicyclic) bond motifs is 2. The number of nitrogens with zero attached hydrogens (tertiary/aromatic N) is 5. The minimum atomic E-state index is -0.504. The molecule has 0 radical (unpaired) electrons. The van der Waals surface area contributed by atoms with Gasteiger partial charge in [-0.15, -0.1) is 16.4 Å². The first-order valence-corrected chi connectivity index (χ1v) is 11.6. The van der Waals surface area contributed by atoms with E-state index in [9.17, 15) is 9.59 Å². The Bertz CT molecular complexity index is 1480. The highest BCUT2D eigenvalue weighted by molar-refractivity contribution is 8.00. The van der Waals surface area contributed by atoms with Crippen LogP contribution in [0.5, 0.6) is 0 Å². The highest BCUT2D eigenvalue weighted by Crippen LogP contribution is 2.32. The Morgan fingerprint density at radius 1 is 1.12 bits per heavy atom. The molecule has 0 fully saturated rings. The number of methoxy groups -OCH3 is 1. The highest BCUT2D eigenvalue weighted by Gasteiger charge is 2.13. The normalized spacial score (nSPS) is 11.1. The van der Waals surface area contributed by atoms with E-state index in [1.54, 1.807) is 29.2 Å². The summed E-state index contributed by atoms with van der Waals surface area (Å²) in [6.45, 7) is 0. The number of pyridine rings is 1. The van der Waals surface area contributed by atoms with Crippen molar-refractivity contribution in [1.82, 2.24) is 25.0 Å². The molecule has 11 heteroatoms. The van der Waals surface area contributed by atoms with E-state index in [0.29, 0.717) is 11.6 Å². The Morgan fingerprint density at radius 3 is 2.82 bits per heavy atom. The lowest BCUT2D eigenvalue weighted by Gasteiger charge is -2.05. The van der Waals surface area contributed by atoms with Crippen molar-refractivity contribution in [3.8, 4) is 0 Å². The molecule has 5 rings (SSSR count). The molecule has 33 heavy (non-hydrogen) atoms. The van der Waals surface area contributed by atoms with Crippen molar-refractivity contribution in [1.29, 1.82) is 0 Å². The number of carbonyl (C=O) groups excluding carboxylic acids is 2. The molecule has 0 aliphatic heterocycles. The number of anilines is 1. The summed E-state index contributed by atoms with van der Waals surface area (Å²) in [4.78, 5) is 32.7. The second kappa shape index (κ2) is 8.96. The van der Waals surface area contributed by atoms with Crippen LogP contribution in [0.1, 0.15) is 20.8 Å². The topological polar surface area (TPSA) is 112 Å². The Labute approximate surface area is 195 Å². The number of hydrogen-bond acceptors (Lipinski definition) is 9. The van der Waals surface area contributed by atoms with E-state index in [4.69, 9.17) is 0 Å². The van der Waals surface area contributed by atoms with Crippen molar-refractivity contribution in [2.75, 3.05) is 12.4 Å². The fourth-order valence-electron chi connectivity index (χ4n) is 3.13. The minimum Gasteiger partial charge on any atom is -0.465 e. The molecule has 0 unspecified atom stereocenters. The van der Waals surface area contributed by atoms with Crippen LogP contribution in [0, 0.1) is 0 Å². The molecule has 0 saturated heterocycles. The van der Waals surface area contributed by atoms with E-state index in [2.05, 4.69) is 30.3 Å². The average molecular weight is 477 g/mol. The van der Waals surface area contributed by atoms with Crippen LogP contribution in [0.4, 0.5) is 5.69 Å². The van der Waals surface area contributed by atoms with Gasteiger partial charge < -0.3 is 10.1 Å². The molecule has 5 aromatic rings. The summed E-state index contributed by atoms with van der Waals surface area (Å²) in [7, 11) is 1.29. The summed E-state index contributed by atoms with van der Waals surface area (Å²) in [5, 5.41) is 11.2. The monoisotopic (exact) mass is 476 g/mol. The molecule has 0 saturated carbocycles. The predicted octanol–water partition coefficient (Wildman–Crippen LogP) is 4.22. The number of carbonyl (C=O) groups is 2. The van der Waals surface area contributed by atoms with Gasteiger partial charge >= 0.3 is 5.97 Å². The fraction of sp³-hybridized carbons (Fsp3) is 0.0909. The summed E-state index contributed by atoms with van der Waals surface area (Å²) in [5.74, 6) is -0.282. The van der Waals surface area contributed by atoms with Crippen molar-refractivity contribution in [2.24, 2.45) is 0 Å². The van der Waals surface area contributed by atoms with Gasteiger partial charge in [-0.25, -0.2) is 14.5 Å². The number of ether oxygens (including phenoxy) is 1. The first kappa shape index (κ1) is 21.0. The zero-order valence-electron chi connectivity index (χ0n) is 17.3. The number of amides is 1. The van der Waals surface area contributed by atoms with E-state index in [-0.39, 0.29) is 17.2 Å². The Balaban J connectivity index is 1.28. The summed E-state index contributed by atoms with van der Waals surface area (Å²) in [6, 6.07) is 16.3. The molecule has 1 N–H and O–H groups in total. The molecule has 0 aliphatic carbocycles. The second-order valence-electron chi connectivity index (χ2n) is 6.89. The van der Waals surface area contributed by atoms with Gasteiger partial charge in [0, 0.05) is 11.9 Å². The first-order chi connectivity index (χ1) is 16.1. The molecule has 0 bridgehead atoms. The number of esters is 1. The molecule has 164 valence electrons. The average Bonchev–Trinajstić information content (AvgIpc) is 3.45. The Hall–Kier alpha value is -3.83. The maximum atomic E-state index is 12.5. The van der Waals surface area contributed by atoms with Gasteiger partial charge in [-0.3, -0.25) is 9.78 Å². The maximum Gasteiger partial charge on any atom is 0.339 e. The smallest absolute Gasteiger partial charge is 0.339 e. The minimum absolute atomic E-state index is 0.198. The summed E-state index contributed by atoms with van der Waals surface area (Å²) in [6.07, 6.45) is 1.31. The van der Waals surface area contributed by atoms with Crippen molar-refractivity contribution in [3.63, 3.8) is 0 Å². The number of thioether (sulfide) groups is 1. The third-order valence-corrected chi connectivity index (χ3v) is 6.90. The van der Waals surface area contributed by atoms with Crippen molar-refractivity contribution >= 4 is 61.9 Å². The van der Waals surface area contributed by atoms with Crippen LogP contribution in [0.2, 0.25) is 0 Å². The molecular formula is C22H16N6O3S2. The van der Waals surface area contributed by atoms with Gasteiger partial charge in [0.1, 0.15) is 11.2 Å². The van der Waals surface area contributed by atoms with Crippen LogP contribution in [0.25, 0.3) is 21.3 Å². The van der Waals surface area contributed by atoms with Crippen LogP contribution in [-0.4, -0.2) is 43.9 Å². The van der Waals surface area contributed by atoms with Crippen LogP contribution in [-0.2, 0) is 10.6 Å². The zero-order valence-corrected chi connectivity index (χ0v) is 18.9. The van der Waals surface area contributed by atoms with E-state index in [0.717, 1.165) is 25.6 Å². The largest absolute Gasteiger partial charge is 0.465 e. The van der Waals surface area contributed by atoms with Gasteiger partial charge in [0.25, 0.3) is 5.91 Å². The van der Waals surface area contributed by atoms with Gasteiger partial charge in [-0.2, -0.15) is 0 Å². The van der Waals surface area contributed by atoms with Crippen LogP contribution < -0.4 is 5.32 Å². The number of hydrogen-bond donors (Lipinski definition) is 1. The molecule has 1 amide bonds. The van der Waals surface area contributed by atoms with E-state index < -0.39 is 5.97 Å². The third kappa shape index (κ3) is 4.41. The summed E-state index contributed by atoms with van der Waals surface area (Å²) < 4.78 is 8.33. The van der Waals surface area contributed by atoms with Gasteiger partial charge in [0.2, 0.25) is 0 Å². The van der Waals surface area contributed by atoms with Crippen LogP contribution >= 0.6 is 23.1 Å². The lowest BCUT2D eigenvalue weighted by Crippen LogP contribution is -2.14. The maximum absolute atomic E-state index is 12.5. The van der Waals surface area contributed by atoms with Gasteiger partial charge in [-0.1, -0.05) is 29.1 Å².